The van der Waals surface area contributed by atoms with Gasteiger partial charge in [0, 0.05) is 36.8 Å². The first kappa shape index (κ1) is 25.9. The summed E-state index contributed by atoms with van der Waals surface area (Å²) >= 11 is 0. The summed E-state index contributed by atoms with van der Waals surface area (Å²) in [5.41, 5.74) is 3.07. The van der Waals surface area contributed by atoms with Crippen LogP contribution < -0.4 is 10.2 Å². The van der Waals surface area contributed by atoms with Crippen LogP contribution in [0.4, 0.5) is 5.69 Å². The third kappa shape index (κ3) is 9.25. The minimum atomic E-state index is -0.141. The van der Waals surface area contributed by atoms with Crippen molar-refractivity contribution in [3.8, 4) is 5.75 Å². The monoisotopic (exact) mass is 364 g/mol. The molecule has 1 atom stereocenters. The van der Waals surface area contributed by atoms with E-state index in [1.807, 2.05) is 66.5 Å². The highest BCUT2D eigenvalue weighted by atomic mass is 16.3. The maximum absolute atomic E-state index is 10.7. The van der Waals surface area contributed by atoms with Gasteiger partial charge < -0.3 is 10.0 Å². The van der Waals surface area contributed by atoms with Crippen LogP contribution in [-0.4, -0.2) is 24.0 Å². The highest BCUT2D eigenvalue weighted by Gasteiger charge is 2.21. The summed E-state index contributed by atoms with van der Waals surface area (Å²) in [5, 5.41) is 11.6. The zero-order chi connectivity index (χ0) is 20.9. The summed E-state index contributed by atoms with van der Waals surface area (Å²) < 4.78 is 0. The second-order valence-electron chi connectivity index (χ2n) is 5.62. The molecule has 0 aromatic heterocycles. The molecule has 1 aromatic carbocycles. The Kier molecular flexibility index (Phi) is 13.9. The molecule has 5 nitrogen and oxygen atoms in total. The predicted octanol–water partition coefficient (Wildman–Crippen LogP) is 4.78. The highest BCUT2D eigenvalue weighted by molar-refractivity contribution is 5.98. The molecule has 0 aliphatic carbocycles. The molecule has 2 N–H and O–H groups in total. The number of phenolic OH excluding ortho intramolecular Hbond substituents is 1. The molecule has 1 fully saturated rings. The first-order valence-corrected chi connectivity index (χ1v) is 9.25. The fraction of sp³-hybridized carbons (Fsp3) is 0.524. The Morgan fingerprint density at radius 1 is 1.23 bits per heavy atom. The Labute approximate surface area is 159 Å². The molecule has 2 amide bonds. The first-order valence-electron chi connectivity index (χ1n) is 9.25. The van der Waals surface area contributed by atoms with Crippen LogP contribution in [0.3, 0.4) is 0 Å². The van der Waals surface area contributed by atoms with E-state index >= 15 is 0 Å². The molecule has 1 unspecified atom stereocenters. The minimum absolute atomic E-state index is 0.0164. The van der Waals surface area contributed by atoms with E-state index < -0.39 is 0 Å². The van der Waals surface area contributed by atoms with Gasteiger partial charge in [0.2, 0.25) is 11.8 Å². The van der Waals surface area contributed by atoms with Crippen LogP contribution in [0.15, 0.2) is 30.5 Å². The van der Waals surface area contributed by atoms with Crippen LogP contribution in [0.1, 0.15) is 59.9 Å². The summed E-state index contributed by atoms with van der Waals surface area (Å²) in [4.78, 5) is 23.1. The molecule has 1 aromatic rings. The van der Waals surface area contributed by atoms with Crippen molar-refractivity contribution in [2.24, 2.45) is 5.92 Å². The summed E-state index contributed by atoms with van der Waals surface area (Å²) in [5.74, 6) is 0.0285. The molecule has 26 heavy (non-hydrogen) atoms. The van der Waals surface area contributed by atoms with E-state index in [1.54, 1.807) is 12.1 Å². The molecule has 2 rings (SSSR count). The van der Waals surface area contributed by atoms with Crippen LogP contribution >= 0.6 is 0 Å². The molecule has 1 aliphatic heterocycles. The van der Waals surface area contributed by atoms with Gasteiger partial charge in [-0.25, -0.2) is 0 Å². The third-order valence-electron chi connectivity index (χ3n) is 3.64. The topological polar surface area (TPSA) is 69.6 Å². The lowest BCUT2D eigenvalue weighted by Gasteiger charge is -2.21. The van der Waals surface area contributed by atoms with Gasteiger partial charge in [-0.1, -0.05) is 47.3 Å². The second-order valence-corrected chi connectivity index (χ2v) is 5.62. The number of carbonyl (C=O) groups excluding carboxylic acids is 2. The van der Waals surface area contributed by atoms with Crippen LogP contribution in [0.5, 0.6) is 5.75 Å². The molecule has 1 heterocycles. The molecule has 1 aliphatic rings. The number of hydrogen-bond acceptors (Lipinski definition) is 4. The van der Waals surface area contributed by atoms with Crippen LogP contribution in [0, 0.1) is 12.8 Å². The molecular weight excluding hydrogens is 328 g/mol. The lowest BCUT2D eigenvalue weighted by atomic mass is 10.0. The number of rotatable bonds is 2. The zero-order valence-corrected chi connectivity index (χ0v) is 17.6. The standard InChI is InChI=1S/C11H15NO.C6H9NO2.2C2H6/c1-8(2)12(4)11-7-10(13)6-5-9(11)3;1-4-2-3-5(8)7-6(4)9;2*1-2/h5-7,13H,1H2,2-4H3;4H,2-3H2,1H3,(H,7,8,9);2*1-2H3. The molecule has 148 valence electrons. The van der Waals surface area contributed by atoms with Crippen molar-refractivity contribution in [1.82, 2.24) is 5.32 Å². The van der Waals surface area contributed by atoms with E-state index in [4.69, 9.17) is 0 Å². The van der Waals surface area contributed by atoms with Gasteiger partial charge in [0.1, 0.15) is 5.75 Å². The largest absolute Gasteiger partial charge is 0.508 e. The van der Waals surface area contributed by atoms with Gasteiger partial charge >= 0.3 is 0 Å². The molecule has 0 bridgehead atoms. The number of benzene rings is 1. The summed E-state index contributed by atoms with van der Waals surface area (Å²) in [7, 11) is 1.93. The highest BCUT2D eigenvalue weighted by Crippen LogP contribution is 2.25. The number of allylic oxidation sites excluding steroid dienone is 1. The second kappa shape index (κ2) is 13.9. The van der Waals surface area contributed by atoms with Crippen LogP contribution in [-0.2, 0) is 9.59 Å². The Hall–Kier alpha value is -2.30. The minimum Gasteiger partial charge on any atom is -0.508 e. The van der Waals surface area contributed by atoms with Crippen LogP contribution in [0.25, 0.3) is 0 Å². The maximum atomic E-state index is 10.7. The number of carbonyl (C=O) groups is 2. The number of hydrogen-bond donors (Lipinski definition) is 2. The number of piperidine rings is 1. The van der Waals surface area contributed by atoms with Crippen molar-refractivity contribution in [3.63, 3.8) is 0 Å². The number of nitrogens with one attached hydrogen (secondary N) is 1. The van der Waals surface area contributed by atoms with E-state index in [9.17, 15) is 14.7 Å². The SMILES string of the molecule is C=C(C)N(C)c1cc(O)ccc1C.CC.CC.CC1CCC(=O)NC1=O. The molecule has 5 heteroatoms. The average Bonchev–Trinajstić information content (AvgIpc) is 2.64. The quantitative estimate of drug-likeness (QED) is 0.741. The molecule has 0 spiro atoms. The fourth-order valence-electron chi connectivity index (χ4n) is 1.97. The number of amides is 2. The van der Waals surface area contributed by atoms with Crippen molar-refractivity contribution in [2.45, 2.75) is 61.3 Å². The van der Waals surface area contributed by atoms with Crippen molar-refractivity contribution in [3.05, 3.63) is 36.0 Å². The summed E-state index contributed by atoms with van der Waals surface area (Å²) in [6, 6.07) is 5.32. The molecule has 0 radical (unpaired) electrons. The van der Waals surface area contributed by atoms with Gasteiger partial charge in [-0.05, 0) is 31.9 Å². The normalized spacial score (nSPS) is 15.0. The Morgan fingerprint density at radius 2 is 1.77 bits per heavy atom. The fourth-order valence-corrected chi connectivity index (χ4v) is 1.97. The van der Waals surface area contributed by atoms with Gasteiger partial charge in [-0.15, -0.1) is 0 Å². The molecular formula is C21H36N2O3. The van der Waals surface area contributed by atoms with Crippen molar-refractivity contribution in [1.29, 1.82) is 0 Å². The smallest absolute Gasteiger partial charge is 0.229 e. The van der Waals surface area contributed by atoms with E-state index in [0.717, 1.165) is 16.9 Å². The van der Waals surface area contributed by atoms with Gasteiger partial charge in [-0.2, -0.15) is 0 Å². The maximum Gasteiger partial charge on any atom is 0.229 e. The Balaban J connectivity index is 0. The summed E-state index contributed by atoms with van der Waals surface area (Å²) in [6.07, 6.45) is 1.19. The number of aromatic hydroxyl groups is 1. The van der Waals surface area contributed by atoms with Crippen molar-refractivity contribution >= 4 is 17.5 Å². The molecule has 0 saturated carbocycles. The Morgan fingerprint density at radius 3 is 2.19 bits per heavy atom. The number of nitrogens with zero attached hydrogens (tertiary/aromatic N) is 1. The third-order valence-corrected chi connectivity index (χ3v) is 3.64. The average molecular weight is 365 g/mol. The Bertz CT molecular complexity index is 583. The van der Waals surface area contributed by atoms with E-state index in [2.05, 4.69) is 11.9 Å². The van der Waals surface area contributed by atoms with Crippen molar-refractivity contribution < 1.29 is 14.7 Å². The number of aryl methyl sites for hydroxylation is 1. The zero-order valence-electron chi connectivity index (χ0n) is 17.6. The van der Waals surface area contributed by atoms with Gasteiger partial charge in [0.25, 0.3) is 0 Å². The predicted molar refractivity (Wildman–Crippen MR) is 110 cm³/mol. The number of anilines is 1. The lowest BCUT2D eigenvalue weighted by molar-refractivity contribution is -0.135. The van der Waals surface area contributed by atoms with E-state index in [1.165, 1.54) is 0 Å². The van der Waals surface area contributed by atoms with Crippen molar-refractivity contribution in [2.75, 3.05) is 11.9 Å². The lowest BCUT2D eigenvalue weighted by Crippen LogP contribution is -2.39. The van der Waals surface area contributed by atoms with Gasteiger partial charge in [-0.3, -0.25) is 14.9 Å². The van der Waals surface area contributed by atoms with Gasteiger partial charge in [0.05, 0.1) is 0 Å². The van der Waals surface area contributed by atoms with Crippen LogP contribution in [0.2, 0.25) is 0 Å². The number of imide groups is 1. The summed E-state index contributed by atoms with van der Waals surface area (Å²) in [6.45, 7) is 17.6. The number of phenols is 1. The molecule has 1 saturated heterocycles. The van der Waals surface area contributed by atoms with E-state index in [0.29, 0.717) is 12.8 Å². The first-order chi connectivity index (χ1) is 12.2. The van der Waals surface area contributed by atoms with E-state index in [-0.39, 0.29) is 23.5 Å². The van der Waals surface area contributed by atoms with Gasteiger partial charge in [0.15, 0.2) is 0 Å².